The van der Waals surface area contributed by atoms with Gasteiger partial charge in [-0.2, -0.15) is 0 Å². The van der Waals surface area contributed by atoms with E-state index in [0.717, 1.165) is 21.4 Å². The molecule has 1 N–H and O–H groups in total. The summed E-state index contributed by atoms with van der Waals surface area (Å²) in [7, 11) is 1.60. The van der Waals surface area contributed by atoms with E-state index in [1.807, 2.05) is 39.0 Å². The SMILES string of the molecule is COc1cccc2c(C(C)(C)C)c(C(=O)O)sc12. The quantitative estimate of drug-likeness (QED) is 0.894. The Bertz CT molecular complexity index is 605. The Morgan fingerprint density at radius 1 is 1.33 bits per heavy atom. The molecule has 2 rings (SSSR count). The molecule has 0 aliphatic rings. The van der Waals surface area contributed by atoms with Crippen LogP contribution >= 0.6 is 11.3 Å². The molecule has 1 aromatic carbocycles. The molecule has 0 saturated heterocycles. The zero-order valence-electron chi connectivity index (χ0n) is 10.9. The standard InChI is InChI=1S/C14H16O3S/c1-14(2,3)10-8-6-5-7-9(17-4)11(8)18-12(10)13(15)16/h5-7H,1-4H3,(H,15,16). The molecule has 0 radical (unpaired) electrons. The van der Waals surface area contributed by atoms with Gasteiger partial charge in [0.05, 0.1) is 11.8 Å². The van der Waals surface area contributed by atoms with Crippen LogP contribution in [0.4, 0.5) is 0 Å². The van der Waals surface area contributed by atoms with Crippen molar-refractivity contribution in [2.24, 2.45) is 0 Å². The number of fused-ring (bicyclic) bond motifs is 1. The van der Waals surface area contributed by atoms with E-state index in [-0.39, 0.29) is 5.41 Å². The lowest BCUT2D eigenvalue weighted by Gasteiger charge is -2.19. The van der Waals surface area contributed by atoms with Crippen molar-refractivity contribution in [3.8, 4) is 5.75 Å². The highest BCUT2D eigenvalue weighted by Crippen LogP contribution is 2.42. The van der Waals surface area contributed by atoms with E-state index in [9.17, 15) is 9.90 Å². The van der Waals surface area contributed by atoms with Crippen molar-refractivity contribution in [1.82, 2.24) is 0 Å². The molecule has 1 aromatic heterocycles. The van der Waals surface area contributed by atoms with Crippen LogP contribution in [-0.2, 0) is 5.41 Å². The zero-order valence-corrected chi connectivity index (χ0v) is 11.7. The van der Waals surface area contributed by atoms with Gasteiger partial charge in [-0.3, -0.25) is 0 Å². The minimum Gasteiger partial charge on any atom is -0.495 e. The summed E-state index contributed by atoms with van der Waals surface area (Å²) < 4.78 is 6.21. The summed E-state index contributed by atoms with van der Waals surface area (Å²) in [6, 6.07) is 5.72. The fourth-order valence-electron chi connectivity index (χ4n) is 2.15. The lowest BCUT2D eigenvalue weighted by molar-refractivity contribution is 0.0700. The lowest BCUT2D eigenvalue weighted by atomic mass is 9.85. The molecule has 0 unspecified atom stereocenters. The Kier molecular flexibility index (Phi) is 3.07. The molecule has 3 nitrogen and oxygen atoms in total. The number of rotatable bonds is 2. The molecule has 0 bridgehead atoms. The van der Waals surface area contributed by atoms with E-state index in [1.165, 1.54) is 11.3 Å². The van der Waals surface area contributed by atoms with Crippen LogP contribution in [-0.4, -0.2) is 18.2 Å². The van der Waals surface area contributed by atoms with E-state index in [1.54, 1.807) is 7.11 Å². The zero-order chi connectivity index (χ0) is 13.5. The summed E-state index contributed by atoms with van der Waals surface area (Å²) in [6.45, 7) is 6.08. The first-order valence-corrected chi connectivity index (χ1v) is 6.51. The van der Waals surface area contributed by atoms with Crippen LogP contribution in [0.25, 0.3) is 10.1 Å². The normalized spacial score (nSPS) is 11.8. The first-order valence-electron chi connectivity index (χ1n) is 5.69. The van der Waals surface area contributed by atoms with Crippen LogP contribution in [0.1, 0.15) is 36.0 Å². The fourth-order valence-corrected chi connectivity index (χ4v) is 3.49. The van der Waals surface area contributed by atoms with E-state index >= 15 is 0 Å². The molecule has 0 fully saturated rings. The first kappa shape index (κ1) is 12.9. The summed E-state index contributed by atoms with van der Waals surface area (Å²) in [5.41, 5.74) is 0.673. The summed E-state index contributed by atoms with van der Waals surface area (Å²) >= 11 is 1.29. The van der Waals surface area contributed by atoms with Crippen molar-refractivity contribution in [3.63, 3.8) is 0 Å². The van der Waals surface area contributed by atoms with Crippen LogP contribution in [0.5, 0.6) is 5.75 Å². The van der Waals surface area contributed by atoms with E-state index in [0.29, 0.717) is 4.88 Å². The van der Waals surface area contributed by atoms with Gasteiger partial charge in [-0.05, 0) is 17.0 Å². The van der Waals surface area contributed by atoms with Crippen LogP contribution < -0.4 is 4.74 Å². The molecule has 1 heterocycles. The third-order valence-corrected chi connectivity index (χ3v) is 4.05. The van der Waals surface area contributed by atoms with Gasteiger partial charge in [0.2, 0.25) is 0 Å². The number of methoxy groups -OCH3 is 1. The summed E-state index contributed by atoms with van der Waals surface area (Å²) in [4.78, 5) is 11.8. The van der Waals surface area contributed by atoms with Gasteiger partial charge >= 0.3 is 5.97 Å². The van der Waals surface area contributed by atoms with Gasteiger partial charge in [-0.25, -0.2) is 4.79 Å². The van der Waals surface area contributed by atoms with Crippen LogP contribution in [0.3, 0.4) is 0 Å². The van der Waals surface area contributed by atoms with Crippen LogP contribution in [0, 0.1) is 0 Å². The van der Waals surface area contributed by atoms with Crippen molar-refractivity contribution < 1.29 is 14.6 Å². The maximum atomic E-state index is 11.4. The fraction of sp³-hybridized carbons (Fsp3) is 0.357. The second kappa shape index (κ2) is 4.28. The van der Waals surface area contributed by atoms with Gasteiger partial charge in [-0.1, -0.05) is 32.9 Å². The summed E-state index contributed by atoms with van der Waals surface area (Å²) in [5, 5.41) is 10.3. The average molecular weight is 264 g/mol. The van der Waals surface area contributed by atoms with E-state index in [2.05, 4.69) is 0 Å². The number of carboxylic acids is 1. The minimum absolute atomic E-state index is 0.210. The van der Waals surface area contributed by atoms with Gasteiger partial charge in [0.1, 0.15) is 10.6 Å². The maximum absolute atomic E-state index is 11.4. The first-order chi connectivity index (χ1) is 8.36. The number of aromatic carboxylic acids is 1. The van der Waals surface area contributed by atoms with Crippen molar-refractivity contribution in [3.05, 3.63) is 28.6 Å². The third kappa shape index (κ3) is 1.97. The number of hydrogen-bond acceptors (Lipinski definition) is 3. The van der Waals surface area contributed by atoms with Gasteiger partial charge in [-0.15, -0.1) is 11.3 Å². The second-order valence-electron chi connectivity index (χ2n) is 5.20. The monoisotopic (exact) mass is 264 g/mol. The van der Waals surface area contributed by atoms with E-state index in [4.69, 9.17) is 4.74 Å². The van der Waals surface area contributed by atoms with Gasteiger partial charge in [0.25, 0.3) is 0 Å². The Morgan fingerprint density at radius 3 is 2.50 bits per heavy atom. The molecule has 18 heavy (non-hydrogen) atoms. The Balaban J connectivity index is 2.89. The summed E-state index contributed by atoms with van der Waals surface area (Å²) in [5.74, 6) is -0.140. The molecular formula is C14H16O3S. The van der Waals surface area contributed by atoms with Crippen molar-refractivity contribution in [2.45, 2.75) is 26.2 Å². The van der Waals surface area contributed by atoms with Crippen molar-refractivity contribution in [1.29, 1.82) is 0 Å². The number of ether oxygens (including phenoxy) is 1. The molecule has 0 amide bonds. The summed E-state index contributed by atoms with van der Waals surface area (Å²) in [6.07, 6.45) is 0. The maximum Gasteiger partial charge on any atom is 0.346 e. The highest BCUT2D eigenvalue weighted by Gasteiger charge is 2.27. The number of thiophene rings is 1. The average Bonchev–Trinajstić information content (AvgIpc) is 2.67. The third-order valence-electron chi connectivity index (χ3n) is 2.84. The van der Waals surface area contributed by atoms with Gasteiger partial charge in [0, 0.05) is 5.39 Å². The van der Waals surface area contributed by atoms with Crippen LogP contribution in [0.15, 0.2) is 18.2 Å². The molecular weight excluding hydrogens is 248 g/mol. The smallest absolute Gasteiger partial charge is 0.346 e. The molecule has 4 heteroatoms. The highest BCUT2D eigenvalue weighted by atomic mass is 32.1. The molecule has 0 saturated carbocycles. The Morgan fingerprint density at radius 2 is 2.00 bits per heavy atom. The van der Waals surface area contributed by atoms with Gasteiger partial charge in [0.15, 0.2) is 0 Å². The predicted molar refractivity (Wildman–Crippen MR) is 74.0 cm³/mol. The van der Waals surface area contributed by atoms with E-state index < -0.39 is 5.97 Å². The molecule has 0 aliphatic heterocycles. The number of carbonyl (C=O) groups is 1. The number of hydrogen-bond donors (Lipinski definition) is 1. The predicted octanol–water partition coefficient (Wildman–Crippen LogP) is 3.91. The largest absolute Gasteiger partial charge is 0.495 e. The highest BCUT2D eigenvalue weighted by molar-refractivity contribution is 7.21. The van der Waals surface area contributed by atoms with Gasteiger partial charge < -0.3 is 9.84 Å². The molecule has 0 spiro atoms. The van der Waals surface area contributed by atoms with Crippen LogP contribution in [0.2, 0.25) is 0 Å². The molecule has 2 aromatic rings. The molecule has 0 atom stereocenters. The number of benzene rings is 1. The Labute approximate surface area is 110 Å². The van der Waals surface area contributed by atoms with Crippen molar-refractivity contribution >= 4 is 27.4 Å². The topological polar surface area (TPSA) is 46.5 Å². The Hall–Kier alpha value is -1.55. The molecule has 96 valence electrons. The minimum atomic E-state index is -0.872. The second-order valence-corrected chi connectivity index (χ2v) is 6.22. The number of carboxylic acid groups (broad SMARTS) is 1. The van der Waals surface area contributed by atoms with Crippen molar-refractivity contribution in [2.75, 3.05) is 7.11 Å². The lowest BCUT2D eigenvalue weighted by Crippen LogP contribution is -2.14. The molecule has 0 aliphatic carbocycles.